The Hall–Kier alpha value is -1.24. The summed E-state index contributed by atoms with van der Waals surface area (Å²) >= 11 is 5.96. The molecule has 0 saturated carbocycles. The number of nitrogens with one attached hydrogen (secondary N) is 1. The summed E-state index contributed by atoms with van der Waals surface area (Å²) in [5, 5.41) is 13.3. The minimum absolute atomic E-state index is 0.621. The molecule has 19 heavy (non-hydrogen) atoms. The molecular weight excluding hydrogens is 258 g/mol. The van der Waals surface area contributed by atoms with Crippen LogP contribution >= 0.6 is 11.6 Å². The topological polar surface area (TPSA) is 39.1 Å². The molecule has 1 saturated heterocycles. The van der Waals surface area contributed by atoms with Crippen molar-refractivity contribution in [3.63, 3.8) is 0 Å². The second-order valence-corrected chi connectivity index (χ2v) is 5.46. The van der Waals surface area contributed by atoms with Crippen molar-refractivity contribution in [1.29, 1.82) is 5.26 Å². The molecule has 2 rings (SSSR count). The third-order valence-corrected chi connectivity index (χ3v) is 3.91. The normalized spacial score (nSPS) is 18.9. The van der Waals surface area contributed by atoms with Crippen molar-refractivity contribution in [2.75, 3.05) is 31.1 Å². The molecule has 0 aromatic heterocycles. The fourth-order valence-corrected chi connectivity index (χ4v) is 2.83. The van der Waals surface area contributed by atoms with Gasteiger partial charge in [0, 0.05) is 18.1 Å². The summed E-state index contributed by atoms with van der Waals surface area (Å²) in [7, 11) is 0. The van der Waals surface area contributed by atoms with Crippen LogP contribution in [0.15, 0.2) is 18.2 Å². The number of benzene rings is 1. The largest absolute Gasteiger partial charge is 0.370 e. The monoisotopic (exact) mass is 277 g/mol. The maximum Gasteiger partial charge on any atom is 0.101 e. The highest BCUT2D eigenvalue weighted by atomic mass is 35.5. The molecule has 4 heteroatoms. The van der Waals surface area contributed by atoms with Crippen molar-refractivity contribution in [3.8, 4) is 6.07 Å². The predicted octanol–water partition coefficient (Wildman–Crippen LogP) is 3.04. The van der Waals surface area contributed by atoms with Crippen LogP contribution in [0.25, 0.3) is 0 Å². The molecule has 1 fully saturated rings. The Labute approximate surface area is 120 Å². The molecule has 1 unspecified atom stereocenters. The molecule has 0 aliphatic carbocycles. The second kappa shape index (κ2) is 6.79. The predicted molar refractivity (Wildman–Crippen MR) is 79.6 cm³/mol. The van der Waals surface area contributed by atoms with Gasteiger partial charge in [-0.2, -0.15) is 5.26 Å². The molecular formula is C15H20ClN3. The summed E-state index contributed by atoms with van der Waals surface area (Å²) in [6.45, 7) is 6.25. The number of anilines is 1. The number of nitrogens with zero attached hydrogens (tertiary/aromatic N) is 2. The second-order valence-electron chi connectivity index (χ2n) is 5.02. The average Bonchev–Trinajstić information content (AvgIpc) is 2.46. The fourth-order valence-electron chi connectivity index (χ4n) is 2.66. The number of nitriles is 1. The molecule has 1 aromatic carbocycles. The molecule has 3 nitrogen and oxygen atoms in total. The van der Waals surface area contributed by atoms with Crippen molar-refractivity contribution >= 4 is 17.3 Å². The molecule has 1 aliphatic rings. The molecule has 1 atom stereocenters. The van der Waals surface area contributed by atoms with E-state index < -0.39 is 0 Å². The van der Waals surface area contributed by atoms with Gasteiger partial charge in [-0.15, -0.1) is 0 Å². The van der Waals surface area contributed by atoms with Gasteiger partial charge in [0.25, 0.3) is 0 Å². The molecule has 0 bridgehead atoms. The van der Waals surface area contributed by atoms with Crippen molar-refractivity contribution in [3.05, 3.63) is 28.8 Å². The molecule has 0 radical (unpaired) electrons. The van der Waals surface area contributed by atoms with Crippen LogP contribution in [0.1, 0.15) is 25.3 Å². The van der Waals surface area contributed by atoms with Gasteiger partial charge in [-0.1, -0.05) is 11.6 Å². The Balaban J connectivity index is 2.14. The van der Waals surface area contributed by atoms with Crippen LogP contribution in [0.4, 0.5) is 5.69 Å². The Morgan fingerprint density at radius 1 is 1.53 bits per heavy atom. The van der Waals surface area contributed by atoms with E-state index in [9.17, 15) is 5.26 Å². The lowest BCUT2D eigenvalue weighted by molar-refractivity contribution is 0.378. The lowest BCUT2D eigenvalue weighted by Gasteiger charge is -2.31. The Morgan fingerprint density at radius 3 is 3.00 bits per heavy atom. The molecule has 1 N–H and O–H groups in total. The molecule has 1 aromatic rings. The lowest BCUT2D eigenvalue weighted by Crippen LogP contribution is -2.38. The maximum atomic E-state index is 9.25. The van der Waals surface area contributed by atoms with Gasteiger partial charge in [0.15, 0.2) is 0 Å². The van der Waals surface area contributed by atoms with E-state index in [1.54, 1.807) is 6.07 Å². The Kier molecular flexibility index (Phi) is 5.07. The highest BCUT2D eigenvalue weighted by molar-refractivity contribution is 6.30. The van der Waals surface area contributed by atoms with Crippen molar-refractivity contribution in [2.24, 2.45) is 5.92 Å². The van der Waals surface area contributed by atoms with Crippen LogP contribution in [-0.2, 0) is 0 Å². The number of hydrogen-bond acceptors (Lipinski definition) is 3. The zero-order chi connectivity index (χ0) is 13.7. The van der Waals surface area contributed by atoms with Crippen molar-refractivity contribution in [2.45, 2.75) is 19.8 Å². The van der Waals surface area contributed by atoms with Gasteiger partial charge in [0.2, 0.25) is 0 Å². The summed E-state index contributed by atoms with van der Waals surface area (Å²) in [5.41, 5.74) is 1.66. The summed E-state index contributed by atoms with van der Waals surface area (Å²) in [5.74, 6) is 0.663. The number of halogens is 1. The van der Waals surface area contributed by atoms with Crippen LogP contribution in [-0.4, -0.2) is 26.2 Å². The van der Waals surface area contributed by atoms with Gasteiger partial charge in [0.05, 0.1) is 11.3 Å². The van der Waals surface area contributed by atoms with E-state index >= 15 is 0 Å². The fraction of sp³-hybridized carbons (Fsp3) is 0.533. The van der Waals surface area contributed by atoms with Crippen LogP contribution < -0.4 is 10.2 Å². The average molecular weight is 278 g/mol. The van der Waals surface area contributed by atoms with Gasteiger partial charge in [-0.3, -0.25) is 0 Å². The van der Waals surface area contributed by atoms with E-state index in [0.717, 1.165) is 31.9 Å². The first-order valence-electron chi connectivity index (χ1n) is 6.90. The SMILES string of the molecule is CCN(CC1CCCNC1)c1ccc(Cl)cc1C#N. The minimum atomic E-state index is 0.621. The van der Waals surface area contributed by atoms with E-state index in [4.69, 9.17) is 11.6 Å². The van der Waals surface area contributed by atoms with E-state index in [0.29, 0.717) is 16.5 Å². The van der Waals surface area contributed by atoms with E-state index in [1.807, 2.05) is 12.1 Å². The third kappa shape index (κ3) is 3.62. The molecule has 0 spiro atoms. The molecule has 1 heterocycles. The maximum absolute atomic E-state index is 9.25. The Morgan fingerprint density at radius 2 is 2.37 bits per heavy atom. The third-order valence-electron chi connectivity index (χ3n) is 3.68. The van der Waals surface area contributed by atoms with Crippen LogP contribution in [0.3, 0.4) is 0 Å². The first-order valence-corrected chi connectivity index (χ1v) is 7.27. The van der Waals surface area contributed by atoms with Crippen LogP contribution in [0.5, 0.6) is 0 Å². The number of hydrogen-bond donors (Lipinski definition) is 1. The van der Waals surface area contributed by atoms with Crippen molar-refractivity contribution < 1.29 is 0 Å². The van der Waals surface area contributed by atoms with E-state index in [-0.39, 0.29) is 0 Å². The van der Waals surface area contributed by atoms with Gasteiger partial charge in [-0.25, -0.2) is 0 Å². The van der Waals surface area contributed by atoms with Gasteiger partial charge < -0.3 is 10.2 Å². The smallest absolute Gasteiger partial charge is 0.101 e. The van der Waals surface area contributed by atoms with Crippen LogP contribution in [0, 0.1) is 17.2 Å². The highest BCUT2D eigenvalue weighted by Crippen LogP contribution is 2.25. The van der Waals surface area contributed by atoms with E-state index in [2.05, 4.69) is 23.2 Å². The summed E-state index contributed by atoms with van der Waals surface area (Å²) in [6, 6.07) is 7.81. The highest BCUT2D eigenvalue weighted by Gasteiger charge is 2.18. The Bertz CT molecular complexity index is 461. The number of piperidine rings is 1. The summed E-state index contributed by atoms with van der Waals surface area (Å²) in [6.07, 6.45) is 2.51. The zero-order valence-electron chi connectivity index (χ0n) is 11.3. The van der Waals surface area contributed by atoms with Crippen molar-refractivity contribution in [1.82, 2.24) is 5.32 Å². The van der Waals surface area contributed by atoms with Gasteiger partial charge in [0.1, 0.15) is 6.07 Å². The molecule has 102 valence electrons. The quantitative estimate of drug-likeness (QED) is 0.919. The first kappa shape index (κ1) is 14.2. The van der Waals surface area contributed by atoms with Gasteiger partial charge >= 0.3 is 0 Å². The van der Waals surface area contributed by atoms with E-state index in [1.165, 1.54) is 12.8 Å². The summed E-state index contributed by atoms with van der Waals surface area (Å²) < 4.78 is 0. The minimum Gasteiger partial charge on any atom is -0.370 e. The van der Waals surface area contributed by atoms with Gasteiger partial charge in [-0.05, 0) is 57.0 Å². The molecule has 0 amide bonds. The molecule has 1 aliphatic heterocycles. The standard InChI is InChI=1S/C15H20ClN3/c1-2-19(11-12-4-3-7-18-10-12)15-6-5-14(16)8-13(15)9-17/h5-6,8,12,18H,2-4,7,10-11H2,1H3. The summed E-state index contributed by atoms with van der Waals surface area (Å²) in [4.78, 5) is 2.28. The lowest BCUT2D eigenvalue weighted by atomic mass is 9.98. The zero-order valence-corrected chi connectivity index (χ0v) is 12.1. The number of rotatable bonds is 4. The van der Waals surface area contributed by atoms with Crippen LogP contribution in [0.2, 0.25) is 5.02 Å². The first-order chi connectivity index (χ1) is 9.24.